The third-order valence-corrected chi connectivity index (χ3v) is 3.71. The first-order valence-corrected chi connectivity index (χ1v) is 7.30. The summed E-state index contributed by atoms with van der Waals surface area (Å²) in [6.45, 7) is 2.14. The lowest BCUT2D eigenvalue weighted by Gasteiger charge is -2.00. The van der Waals surface area contributed by atoms with Gasteiger partial charge in [-0.3, -0.25) is 0 Å². The van der Waals surface area contributed by atoms with E-state index in [0.717, 1.165) is 45.4 Å². The predicted octanol–water partition coefficient (Wildman–Crippen LogP) is 3.04. The van der Waals surface area contributed by atoms with E-state index in [2.05, 4.69) is 26.9 Å². The summed E-state index contributed by atoms with van der Waals surface area (Å²) in [5, 5.41) is 1.71. The third kappa shape index (κ3) is 2.75. The zero-order valence-corrected chi connectivity index (χ0v) is 11.9. The van der Waals surface area contributed by atoms with Crippen LogP contribution in [0.25, 0.3) is 11.0 Å². The van der Waals surface area contributed by atoms with Gasteiger partial charge in [0.15, 0.2) is 5.16 Å². The van der Waals surface area contributed by atoms with Crippen molar-refractivity contribution >= 4 is 28.5 Å². The van der Waals surface area contributed by atoms with E-state index >= 15 is 0 Å². The smallest absolute Gasteiger partial charge is 0.172 e. The first kappa shape index (κ1) is 12.9. The Balaban J connectivity index is 1.87. The van der Waals surface area contributed by atoms with Crippen molar-refractivity contribution in [1.29, 1.82) is 0 Å². The van der Waals surface area contributed by atoms with Gasteiger partial charge in [0.1, 0.15) is 11.4 Å². The molecule has 0 aliphatic carbocycles. The van der Waals surface area contributed by atoms with Gasteiger partial charge in [-0.05, 0) is 42.4 Å². The fourth-order valence-corrected chi connectivity index (χ4v) is 2.77. The van der Waals surface area contributed by atoms with Gasteiger partial charge < -0.3 is 10.7 Å². The lowest BCUT2D eigenvalue weighted by atomic mass is 10.2. The van der Waals surface area contributed by atoms with Crippen molar-refractivity contribution < 1.29 is 0 Å². The van der Waals surface area contributed by atoms with Crippen molar-refractivity contribution in [2.75, 3.05) is 5.73 Å². The van der Waals surface area contributed by atoms with Crippen LogP contribution in [-0.4, -0.2) is 19.9 Å². The summed E-state index contributed by atoms with van der Waals surface area (Å²) in [5.74, 6) is 0. The van der Waals surface area contributed by atoms with Crippen LogP contribution in [0.4, 0.5) is 5.69 Å². The van der Waals surface area contributed by atoms with Crippen LogP contribution in [0.2, 0.25) is 0 Å². The summed E-state index contributed by atoms with van der Waals surface area (Å²) in [6, 6.07) is 7.65. The number of aromatic amines is 1. The molecule has 0 amide bonds. The topological polar surface area (TPSA) is 80.5 Å². The molecular weight excluding hydrogens is 270 g/mol. The zero-order valence-electron chi connectivity index (χ0n) is 11.1. The zero-order chi connectivity index (χ0) is 13.9. The molecule has 1 aromatic carbocycles. The summed E-state index contributed by atoms with van der Waals surface area (Å²) < 4.78 is 0. The molecule has 20 heavy (non-hydrogen) atoms. The number of hydrogen-bond donors (Lipinski definition) is 2. The molecule has 0 radical (unpaired) electrons. The maximum Gasteiger partial charge on any atom is 0.172 e. The van der Waals surface area contributed by atoms with Crippen LogP contribution >= 0.6 is 11.8 Å². The van der Waals surface area contributed by atoms with Crippen molar-refractivity contribution in [3.05, 3.63) is 36.3 Å². The number of nitrogens with two attached hydrogens (primary N) is 1. The summed E-state index contributed by atoms with van der Waals surface area (Å²) in [7, 11) is 0. The van der Waals surface area contributed by atoms with Crippen LogP contribution in [0.3, 0.4) is 0 Å². The number of nitrogen functional groups attached to an aromatic ring is 1. The minimum absolute atomic E-state index is 0.727. The Bertz CT molecular complexity index is 737. The standard InChI is InChI=1S/C14H15N5S/c1-2-3-10-7-13(17-8-16-10)20-14-18-11-5-4-9(15)6-12(11)19-14/h4-8H,2-3,15H2,1H3,(H,18,19). The molecule has 0 aliphatic rings. The van der Waals surface area contributed by atoms with Gasteiger partial charge in [-0.15, -0.1) is 0 Å². The number of aryl methyl sites for hydroxylation is 1. The number of hydrogen-bond acceptors (Lipinski definition) is 5. The van der Waals surface area contributed by atoms with Crippen LogP contribution in [0.1, 0.15) is 19.0 Å². The fraction of sp³-hybridized carbons (Fsp3) is 0.214. The molecule has 0 saturated heterocycles. The predicted molar refractivity (Wildman–Crippen MR) is 80.7 cm³/mol. The molecular formula is C14H15N5S. The second kappa shape index (κ2) is 5.50. The van der Waals surface area contributed by atoms with Gasteiger partial charge in [0.2, 0.25) is 0 Å². The highest BCUT2D eigenvalue weighted by Gasteiger charge is 2.07. The van der Waals surface area contributed by atoms with Gasteiger partial charge in [-0.2, -0.15) is 0 Å². The monoisotopic (exact) mass is 285 g/mol. The van der Waals surface area contributed by atoms with Crippen molar-refractivity contribution in [3.8, 4) is 0 Å². The molecule has 0 unspecified atom stereocenters. The number of nitrogens with one attached hydrogen (secondary N) is 1. The number of anilines is 1. The van der Waals surface area contributed by atoms with Gasteiger partial charge in [-0.25, -0.2) is 15.0 Å². The van der Waals surface area contributed by atoms with Crippen molar-refractivity contribution in [2.24, 2.45) is 0 Å². The lowest BCUT2D eigenvalue weighted by Crippen LogP contribution is -1.91. The molecule has 5 nitrogen and oxygen atoms in total. The summed E-state index contributed by atoms with van der Waals surface area (Å²) >= 11 is 1.50. The second-order valence-corrected chi connectivity index (χ2v) is 5.53. The summed E-state index contributed by atoms with van der Waals surface area (Å²) in [5.41, 5.74) is 9.40. The molecule has 2 aromatic heterocycles. The van der Waals surface area contributed by atoms with E-state index in [1.165, 1.54) is 11.8 Å². The van der Waals surface area contributed by atoms with Gasteiger partial charge in [-0.1, -0.05) is 13.3 Å². The number of benzene rings is 1. The Labute approximate surface area is 121 Å². The Kier molecular flexibility index (Phi) is 3.56. The Morgan fingerprint density at radius 1 is 1.25 bits per heavy atom. The van der Waals surface area contributed by atoms with Crippen molar-refractivity contribution in [1.82, 2.24) is 19.9 Å². The van der Waals surface area contributed by atoms with Crippen LogP contribution in [-0.2, 0) is 6.42 Å². The van der Waals surface area contributed by atoms with Crippen LogP contribution in [0.15, 0.2) is 40.8 Å². The molecule has 3 aromatic rings. The SMILES string of the molecule is CCCc1cc(Sc2nc3ccc(N)cc3[nH]2)ncn1. The van der Waals surface area contributed by atoms with E-state index in [0.29, 0.717) is 0 Å². The molecule has 3 rings (SSSR count). The first-order valence-electron chi connectivity index (χ1n) is 6.48. The van der Waals surface area contributed by atoms with Crippen molar-refractivity contribution in [2.45, 2.75) is 29.9 Å². The number of fused-ring (bicyclic) bond motifs is 1. The maximum absolute atomic E-state index is 5.76. The largest absolute Gasteiger partial charge is 0.399 e. The number of imidazole rings is 1. The minimum Gasteiger partial charge on any atom is -0.399 e. The highest BCUT2D eigenvalue weighted by atomic mass is 32.2. The van der Waals surface area contributed by atoms with Gasteiger partial charge >= 0.3 is 0 Å². The molecule has 2 heterocycles. The molecule has 3 N–H and O–H groups in total. The van der Waals surface area contributed by atoms with E-state index < -0.39 is 0 Å². The molecule has 0 spiro atoms. The van der Waals surface area contributed by atoms with Gasteiger partial charge in [0.25, 0.3) is 0 Å². The molecule has 0 aliphatic heterocycles. The number of H-pyrrole nitrogens is 1. The molecule has 102 valence electrons. The lowest BCUT2D eigenvalue weighted by molar-refractivity contribution is 0.854. The maximum atomic E-state index is 5.76. The van der Waals surface area contributed by atoms with E-state index in [1.54, 1.807) is 6.33 Å². The molecule has 0 bridgehead atoms. The van der Waals surface area contributed by atoms with E-state index in [1.807, 2.05) is 24.3 Å². The van der Waals surface area contributed by atoms with Crippen molar-refractivity contribution in [3.63, 3.8) is 0 Å². The van der Waals surface area contributed by atoms with Crippen LogP contribution < -0.4 is 5.73 Å². The van der Waals surface area contributed by atoms with E-state index in [9.17, 15) is 0 Å². The summed E-state index contributed by atoms with van der Waals surface area (Å²) in [4.78, 5) is 16.3. The fourth-order valence-electron chi connectivity index (χ4n) is 1.98. The first-order chi connectivity index (χ1) is 9.74. The Hall–Kier alpha value is -2.08. The molecule has 0 saturated carbocycles. The second-order valence-electron chi connectivity index (χ2n) is 4.52. The Morgan fingerprint density at radius 2 is 2.15 bits per heavy atom. The van der Waals surface area contributed by atoms with Gasteiger partial charge in [0, 0.05) is 11.4 Å². The average molecular weight is 285 g/mol. The molecule has 0 atom stereocenters. The Morgan fingerprint density at radius 3 is 3.00 bits per heavy atom. The van der Waals surface area contributed by atoms with E-state index in [-0.39, 0.29) is 0 Å². The normalized spacial score (nSPS) is 11.1. The number of aromatic nitrogens is 4. The highest BCUT2D eigenvalue weighted by Crippen LogP contribution is 2.26. The van der Waals surface area contributed by atoms with Gasteiger partial charge in [0.05, 0.1) is 11.0 Å². The van der Waals surface area contributed by atoms with Crippen LogP contribution in [0, 0.1) is 0 Å². The minimum atomic E-state index is 0.727. The third-order valence-electron chi connectivity index (χ3n) is 2.89. The number of rotatable bonds is 4. The summed E-state index contributed by atoms with van der Waals surface area (Å²) in [6.07, 6.45) is 3.64. The molecule has 0 fully saturated rings. The number of nitrogens with zero attached hydrogens (tertiary/aromatic N) is 3. The van der Waals surface area contributed by atoms with E-state index in [4.69, 9.17) is 5.73 Å². The average Bonchev–Trinajstić information content (AvgIpc) is 2.81. The molecule has 6 heteroatoms. The quantitative estimate of drug-likeness (QED) is 0.569. The van der Waals surface area contributed by atoms with Crippen LogP contribution in [0.5, 0.6) is 0 Å². The highest BCUT2D eigenvalue weighted by molar-refractivity contribution is 7.99.